The Morgan fingerprint density at radius 2 is 1.69 bits per heavy atom. The Morgan fingerprint density at radius 1 is 1.15 bits per heavy atom. The van der Waals surface area contributed by atoms with Crippen LogP contribution in [-0.4, -0.2) is 26.7 Å². The molecule has 0 spiro atoms. The molecular weight excluding hydrogens is 186 g/mol. The Morgan fingerprint density at radius 3 is 2.23 bits per heavy atom. The van der Waals surface area contributed by atoms with Gasteiger partial charge in [0, 0.05) is 17.8 Å². The van der Waals surface area contributed by atoms with Crippen LogP contribution in [0.4, 0.5) is 0 Å². The number of hydrogen-bond acceptors (Lipinski definition) is 2. The molecule has 80 valence electrons. The van der Waals surface area contributed by atoms with Crippen LogP contribution in [-0.2, 0) is 11.3 Å². The van der Waals surface area contributed by atoms with Crippen LogP contribution in [0.15, 0.2) is 0 Å². The van der Waals surface area contributed by atoms with Gasteiger partial charge in [0.1, 0.15) is 0 Å². The van der Waals surface area contributed by atoms with Gasteiger partial charge in [-0.25, -0.2) is 4.31 Å². The van der Waals surface area contributed by atoms with Gasteiger partial charge in [0.05, 0.1) is 0 Å². The van der Waals surface area contributed by atoms with Crippen LogP contribution in [0.1, 0.15) is 45.4 Å². The molecule has 0 saturated heterocycles. The van der Waals surface area contributed by atoms with Gasteiger partial charge >= 0.3 is 0 Å². The highest BCUT2D eigenvalue weighted by Gasteiger charge is 1.96. The first-order valence-corrected chi connectivity index (χ1v) is 6.02. The largest absolute Gasteiger partial charge is 0.760 e. The first-order chi connectivity index (χ1) is 6.18. The third-order valence-corrected chi connectivity index (χ3v) is 2.77. The van der Waals surface area contributed by atoms with Crippen LogP contribution in [0.2, 0.25) is 0 Å². The van der Waals surface area contributed by atoms with Gasteiger partial charge in [0.15, 0.2) is 0 Å². The zero-order chi connectivity index (χ0) is 10.1. The smallest absolute Gasteiger partial charge is 0.0206 e. The molecule has 1 unspecified atom stereocenters. The van der Waals surface area contributed by atoms with Gasteiger partial charge in [-0.2, -0.15) is 0 Å². The van der Waals surface area contributed by atoms with Crippen molar-refractivity contribution in [2.24, 2.45) is 0 Å². The molecule has 0 rings (SSSR count). The molecule has 0 heterocycles. The molecular formula is C9H20NO2S-. The van der Waals surface area contributed by atoms with Crippen LogP contribution < -0.4 is 0 Å². The Labute approximate surface area is 83.9 Å². The predicted octanol–water partition coefficient (Wildman–Crippen LogP) is 2.07. The van der Waals surface area contributed by atoms with Gasteiger partial charge in [-0.1, -0.05) is 39.0 Å². The standard InChI is InChI=1S/C9H21NO2S/c1-3-4-5-6-7-8-9-10(2)13(11)12/h3-9H2,1-2H3,(H,11,12)/p-1. The first kappa shape index (κ1) is 13.1. The van der Waals surface area contributed by atoms with E-state index in [-0.39, 0.29) is 0 Å². The molecule has 0 amide bonds. The second-order valence-corrected chi connectivity index (χ2v) is 4.39. The topological polar surface area (TPSA) is 43.4 Å². The summed E-state index contributed by atoms with van der Waals surface area (Å²) in [5.74, 6) is 0. The Balaban J connectivity index is 3.11. The Kier molecular flexibility index (Phi) is 8.71. The fourth-order valence-corrected chi connectivity index (χ4v) is 1.47. The molecule has 0 aliphatic carbocycles. The van der Waals surface area contributed by atoms with Crippen LogP contribution in [0.25, 0.3) is 0 Å². The average molecular weight is 206 g/mol. The quantitative estimate of drug-likeness (QED) is 0.451. The summed E-state index contributed by atoms with van der Waals surface area (Å²) in [6.45, 7) is 2.84. The summed E-state index contributed by atoms with van der Waals surface area (Å²) in [5.41, 5.74) is 0. The van der Waals surface area contributed by atoms with Crippen molar-refractivity contribution in [3.8, 4) is 0 Å². The molecule has 0 aromatic rings. The Bertz CT molecular complexity index is 142. The van der Waals surface area contributed by atoms with Gasteiger partial charge in [0.2, 0.25) is 0 Å². The molecule has 0 aliphatic heterocycles. The lowest BCUT2D eigenvalue weighted by atomic mass is 10.1. The highest BCUT2D eigenvalue weighted by Crippen LogP contribution is 2.05. The molecule has 0 aromatic carbocycles. The minimum absolute atomic E-state index is 0.655. The summed E-state index contributed by atoms with van der Waals surface area (Å²) in [7, 11) is 1.61. The van der Waals surface area contributed by atoms with Crippen molar-refractivity contribution in [3.05, 3.63) is 0 Å². The van der Waals surface area contributed by atoms with Crippen LogP contribution >= 0.6 is 0 Å². The average Bonchev–Trinajstić information content (AvgIpc) is 2.10. The second-order valence-electron chi connectivity index (χ2n) is 3.34. The number of unbranched alkanes of at least 4 members (excludes halogenated alkanes) is 5. The van der Waals surface area contributed by atoms with Gasteiger partial charge in [-0.3, -0.25) is 4.21 Å². The maximum absolute atomic E-state index is 10.4. The van der Waals surface area contributed by atoms with E-state index in [1.807, 2.05) is 0 Å². The second kappa shape index (κ2) is 8.66. The summed E-state index contributed by atoms with van der Waals surface area (Å²) >= 11 is -2.04. The molecule has 1 atom stereocenters. The molecule has 0 saturated carbocycles. The maximum atomic E-state index is 10.4. The van der Waals surface area contributed by atoms with Crippen molar-refractivity contribution in [3.63, 3.8) is 0 Å². The highest BCUT2D eigenvalue weighted by atomic mass is 32.2. The third-order valence-electron chi connectivity index (χ3n) is 2.08. The zero-order valence-electron chi connectivity index (χ0n) is 8.62. The summed E-state index contributed by atoms with van der Waals surface area (Å²) < 4.78 is 22.1. The number of nitrogens with zero attached hydrogens (tertiary/aromatic N) is 1. The van der Waals surface area contributed by atoms with Crippen molar-refractivity contribution >= 4 is 11.3 Å². The van der Waals surface area contributed by atoms with E-state index in [1.165, 1.54) is 30.0 Å². The third kappa shape index (κ3) is 8.40. The van der Waals surface area contributed by atoms with E-state index < -0.39 is 11.3 Å². The first-order valence-electron chi connectivity index (χ1n) is 4.99. The van der Waals surface area contributed by atoms with E-state index in [4.69, 9.17) is 0 Å². The monoisotopic (exact) mass is 206 g/mol. The van der Waals surface area contributed by atoms with E-state index in [0.29, 0.717) is 6.54 Å². The van der Waals surface area contributed by atoms with Crippen LogP contribution in [0, 0.1) is 0 Å². The molecule has 4 heteroatoms. The molecule has 0 radical (unpaired) electrons. The lowest BCUT2D eigenvalue weighted by Crippen LogP contribution is -2.21. The fourth-order valence-electron chi connectivity index (χ4n) is 1.19. The van der Waals surface area contributed by atoms with E-state index in [0.717, 1.165) is 12.8 Å². The maximum Gasteiger partial charge on any atom is 0.0206 e. The van der Waals surface area contributed by atoms with Crippen molar-refractivity contribution in [1.82, 2.24) is 4.31 Å². The van der Waals surface area contributed by atoms with Gasteiger partial charge in [-0.05, 0) is 13.5 Å². The number of rotatable bonds is 8. The Hall–Kier alpha value is 0.0700. The summed E-state index contributed by atoms with van der Waals surface area (Å²) in [6.07, 6.45) is 7.18. The number of hydrogen-bond donors (Lipinski definition) is 0. The van der Waals surface area contributed by atoms with Crippen molar-refractivity contribution in [2.75, 3.05) is 13.6 Å². The van der Waals surface area contributed by atoms with E-state index in [2.05, 4.69) is 6.92 Å². The zero-order valence-corrected chi connectivity index (χ0v) is 9.44. The molecule has 3 nitrogen and oxygen atoms in total. The lowest BCUT2D eigenvalue weighted by Gasteiger charge is -2.18. The highest BCUT2D eigenvalue weighted by molar-refractivity contribution is 7.76. The summed E-state index contributed by atoms with van der Waals surface area (Å²) in [6, 6.07) is 0. The molecule has 0 fully saturated rings. The fraction of sp³-hybridized carbons (Fsp3) is 1.00. The molecule has 0 aliphatic rings. The molecule has 0 aromatic heterocycles. The molecule has 0 N–H and O–H groups in total. The molecule has 13 heavy (non-hydrogen) atoms. The summed E-state index contributed by atoms with van der Waals surface area (Å²) in [4.78, 5) is 0. The van der Waals surface area contributed by atoms with Crippen molar-refractivity contribution in [2.45, 2.75) is 45.4 Å². The van der Waals surface area contributed by atoms with E-state index in [9.17, 15) is 8.76 Å². The van der Waals surface area contributed by atoms with Gasteiger partial charge in [-0.15, -0.1) is 0 Å². The van der Waals surface area contributed by atoms with Crippen molar-refractivity contribution < 1.29 is 8.76 Å². The minimum Gasteiger partial charge on any atom is -0.760 e. The summed E-state index contributed by atoms with van der Waals surface area (Å²) in [5, 5.41) is 0. The van der Waals surface area contributed by atoms with E-state index in [1.54, 1.807) is 7.05 Å². The normalized spacial score (nSPS) is 13.5. The van der Waals surface area contributed by atoms with Crippen LogP contribution in [0.5, 0.6) is 0 Å². The minimum atomic E-state index is -2.04. The van der Waals surface area contributed by atoms with Gasteiger partial charge in [0.25, 0.3) is 0 Å². The van der Waals surface area contributed by atoms with Crippen LogP contribution in [0.3, 0.4) is 0 Å². The lowest BCUT2D eigenvalue weighted by molar-refractivity contribution is 0.420. The SMILES string of the molecule is CCCCCCCCN(C)S(=O)[O-]. The molecule has 0 bridgehead atoms. The van der Waals surface area contributed by atoms with Gasteiger partial charge < -0.3 is 4.55 Å². The van der Waals surface area contributed by atoms with E-state index >= 15 is 0 Å². The predicted molar refractivity (Wildman–Crippen MR) is 54.9 cm³/mol. The van der Waals surface area contributed by atoms with Crippen molar-refractivity contribution in [1.29, 1.82) is 0 Å².